The highest BCUT2D eigenvalue weighted by Crippen LogP contribution is 2.60. The molecule has 0 radical (unpaired) electrons. The van der Waals surface area contributed by atoms with E-state index < -0.39 is 42.8 Å². The predicted molar refractivity (Wildman–Crippen MR) is 91.8 cm³/mol. The van der Waals surface area contributed by atoms with E-state index in [0.29, 0.717) is 25.7 Å². The molecule has 11 heteroatoms. The van der Waals surface area contributed by atoms with Gasteiger partial charge in [0.1, 0.15) is 15.5 Å². The zero-order chi connectivity index (χ0) is 20.5. The van der Waals surface area contributed by atoms with Crippen molar-refractivity contribution in [3.8, 4) is 0 Å². The van der Waals surface area contributed by atoms with Crippen LogP contribution in [0.5, 0.6) is 0 Å². The molecule has 0 saturated heterocycles. The van der Waals surface area contributed by atoms with Gasteiger partial charge in [0.05, 0.1) is 0 Å². The number of esters is 2. The first-order valence-corrected chi connectivity index (χ1v) is 10.8. The molecule has 1 N–H and O–H groups in total. The first-order chi connectivity index (χ1) is 12.1. The van der Waals surface area contributed by atoms with Crippen molar-refractivity contribution in [1.82, 2.24) is 0 Å². The van der Waals surface area contributed by atoms with Gasteiger partial charge in [0.2, 0.25) is 0 Å². The fourth-order valence-electron chi connectivity index (χ4n) is 5.01. The molecule has 0 aromatic rings. The van der Waals surface area contributed by atoms with Gasteiger partial charge >= 0.3 is 27.3 Å². The molecule has 4 fully saturated rings. The van der Waals surface area contributed by atoms with E-state index in [0.717, 1.165) is 6.42 Å². The predicted octanol–water partition coefficient (Wildman–Crippen LogP) is 2.82. The van der Waals surface area contributed by atoms with Gasteiger partial charge in [0.15, 0.2) is 0 Å². The van der Waals surface area contributed by atoms with Gasteiger partial charge in [-0.15, -0.1) is 0 Å². The van der Waals surface area contributed by atoms with E-state index in [1.54, 1.807) is 13.8 Å². The van der Waals surface area contributed by atoms with Gasteiger partial charge in [0.25, 0.3) is 0 Å². The second kappa shape index (κ2) is 6.09. The number of halogens is 3. The van der Waals surface area contributed by atoms with Crippen LogP contribution >= 0.6 is 15.9 Å². The largest absolute Gasteiger partial charge is 0.465 e. The number of ether oxygens (including phenoxy) is 2. The molecule has 2 unspecified atom stereocenters. The number of hydrogen-bond donors (Lipinski definition) is 1. The Labute approximate surface area is 164 Å². The van der Waals surface area contributed by atoms with E-state index in [-0.39, 0.29) is 18.3 Å². The summed E-state index contributed by atoms with van der Waals surface area (Å²) in [6.07, 6.45) is 2.54. The van der Waals surface area contributed by atoms with Crippen LogP contribution in [0.15, 0.2) is 0 Å². The fraction of sp³-hybridized carbons (Fsp3) is 0.875. The Morgan fingerprint density at radius 3 is 1.81 bits per heavy atom. The molecule has 4 aliphatic carbocycles. The Morgan fingerprint density at radius 2 is 1.44 bits per heavy atom. The van der Waals surface area contributed by atoms with Crippen molar-refractivity contribution in [3.05, 3.63) is 0 Å². The van der Waals surface area contributed by atoms with Crippen molar-refractivity contribution >= 4 is 38.0 Å². The van der Waals surface area contributed by atoms with Crippen molar-refractivity contribution < 1.29 is 40.8 Å². The van der Waals surface area contributed by atoms with Gasteiger partial charge in [-0.05, 0) is 57.8 Å². The fourth-order valence-corrected chi connectivity index (χ4v) is 5.35. The van der Waals surface area contributed by atoms with Crippen LogP contribution in [0.25, 0.3) is 0 Å². The minimum Gasteiger partial charge on any atom is -0.458 e. The summed E-state index contributed by atoms with van der Waals surface area (Å²) in [5, 5.41) is -5.04. The van der Waals surface area contributed by atoms with Crippen molar-refractivity contribution in [2.24, 2.45) is 11.8 Å². The summed E-state index contributed by atoms with van der Waals surface area (Å²) < 4.78 is 67.4. The van der Waals surface area contributed by atoms with E-state index in [4.69, 9.17) is 14.0 Å². The molecular weight excluding hydrogens is 454 g/mol. The van der Waals surface area contributed by atoms with Crippen molar-refractivity contribution in [2.75, 3.05) is 0 Å². The molecule has 0 heterocycles. The van der Waals surface area contributed by atoms with Crippen molar-refractivity contribution in [2.45, 2.75) is 73.2 Å². The van der Waals surface area contributed by atoms with Crippen LogP contribution in [0.2, 0.25) is 0 Å². The van der Waals surface area contributed by atoms with E-state index in [1.165, 1.54) is 0 Å². The quantitative estimate of drug-likeness (QED) is 0.370. The van der Waals surface area contributed by atoms with Crippen LogP contribution < -0.4 is 0 Å². The molecule has 4 aliphatic rings. The van der Waals surface area contributed by atoms with Crippen LogP contribution in [-0.4, -0.2) is 45.7 Å². The number of carbonyl (C=O) groups excluding carboxylic acids is 2. The topological polar surface area (TPSA) is 107 Å². The van der Waals surface area contributed by atoms with Gasteiger partial charge in [-0.1, -0.05) is 15.9 Å². The highest BCUT2D eigenvalue weighted by atomic mass is 79.9. The summed E-state index contributed by atoms with van der Waals surface area (Å²) in [6.45, 7) is 3.25. The van der Waals surface area contributed by atoms with Crippen LogP contribution in [0.1, 0.15) is 52.4 Å². The Bertz CT molecular complexity index is 760. The minimum absolute atomic E-state index is 0.0182. The van der Waals surface area contributed by atoms with Crippen LogP contribution in [0.4, 0.5) is 8.78 Å². The molecule has 4 rings (SSSR count). The molecule has 0 aromatic heterocycles. The summed E-state index contributed by atoms with van der Waals surface area (Å²) in [5.41, 5.74) is -2.26. The Hall–Kier alpha value is -0.810. The molecule has 4 saturated carbocycles. The van der Waals surface area contributed by atoms with Gasteiger partial charge in [-0.3, -0.25) is 9.35 Å². The monoisotopic (exact) mass is 474 g/mol. The third-order valence-electron chi connectivity index (χ3n) is 5.62. The second-order valence-electron chi connectivity index (χ2n) is 8.57. The molecule has 27 heavy (non-hydrogen) atoms. The van der Waals surface area contributed by atoms with Crippen LogP contribution in [0, 0.1) is 11.8 Å². The maximum absolute atomic E-state index is 13.7. The lowest BCUT2D eigenvalue weighted by molar-refractivity contribution is -0.238. The zero-order valence-corrected chi connectivity index (χ0v) is 17.2. The normalized spacial score (nSPS) is 35.8. The number of hydrogen-bond acceptors (Lipinski definition) is 6. The Morgan fingerprint density at radius 1 is 1.04 bits per heavy atom. The van der Waals surface area contributed by atoms with Crippen LogP contribution in [0.3, 0.4) is 0 Å². The minimum atomic E-state index is -5.94. The first-order valence-electron chi connectivity index (χ1n) is 8.58. The molecule has 154 valence electrons. The maximum Gasteiger partial charge on any atom is 0.465 e. The molecule has 2 atom stereocenters. The SMILES string of the molecule is CC(C)(Br)C(=O)OC12CC3CC(C1)CC(OC(=O)C(F)(F)S(=O)(=O)O)(C3)C2. The van der Waals surface area contributed by atoms with Crippen LogP contribution in [-0.2, 0) is 29.2 Å². The lowest BCUT2D eigenvalue weighted by atomic mass is 9.52. The van der Waals surface area contributed by atoms with E-state index in [9.17, 15) is 26.8 Å². The molecule has 0 spiro atoms. The highest BCUT2D eigenvalue weighted by molar-refractivity contribution is 9.10. The summed E-state index contributed by atoms with van der Waals surface area (Å²) >= 11 is 3.23. The first kappa shape index (κ1) is 20.9. The van der Waals surface area contributed by atoms with E-state index in [2.05, 4.69) is 15.9 Å². The number of rotatable bonds is 5. The molecule has 0 aliphatic heterocycles. The van der Waals surface area contributed by atoms with Crippen molar-refractivity contribution in [1.29, 1.82) is 0 Å². The Balaban J connectivity index is 1.85. The summed E-state index contributed by atoms with van der Waals surface area (Å²) in [4.78, 5) is 24.2. The molecule has 4 bridgehead atoms. The number of alkyl halides is 3. The number of carbonyl (C=O) groups is 2. The summed E-state index contributed by atoms with van der Waals surface area (Å²) in [6, 6.07) is 0. The maximum atomic E-state index is 13.7. The summed E-state index contributed by atoms with van der Waals surface area (Å²) in [5.74, 6) is -2.77. The Kier molecular flexibility index (Phi) is 4.72. The molecule has 0 aromatic carbocycles. The highest BCUT2D eigenvalue weighted by Gasteiger charge is 2.64. The average molecular weight is 475 g/mol. The molecular formula is C16H21BrF2O7S. The third kappa shape index (κ3) is 3.74. The smallest absolute Gasteiger partial charge is 0.458 e. The van der Waals surface area contributed by atoms with E-state index in [1.807, 2.05) is 0 Å². The van der Waals surface area contributed by atoms with Crippen molar-refractivity contribution in [3.63, 3.8) is 0 Å². The average Bonchev–Trinajstić information content (AvgIpc) is 2.42. The van der Waals surface area contributed by atoms with Gasteiger partial charge in [-0.2, -0.15) is 17.2 Å². The lowest BCUT2D eigenvalue weighted by Crippen LogP contribution is -2.63. The zero-order valence-electron chi connectivity index (χ0n) is 14.8. The van der Waals surface area contributed by atoms with Gasteiger partial charge in [-0.25, -0.2) is 4.79 Å². The molecule has 7 nitrogen and oxygen atoms in total. The third-order valence-corrected chi connectivity index (χ3v) is 6.76. The summed E-state index contributed by atoms with van der Waals surface area (Å²) in [7, 11) is -5.94. The molecule has 0 amide bonds. The van der Waals surface area contributed by atoms with Gasteiger partial charge < -0.3 is 9.47 Å². The van der Waals surface area contributed by atoms with E-state index >= 15 is 0 Å². The van der Waals surface area contributed by atoms with Gasteiger partial charge in [0, 0.05) is 6.42 Å². The standard InChI is InChI=1S/C16H21BrF2O7S/c1-13(2,17)11(20)25-14-4-9-3-10(5-14)7-15(6-9,8-14)26-12(21)16(18,19)27(22,23)24/h9-10H,3-8H2,1-2H3,(H,22,23,24). The lowest BCUT2D eigenvalue weighted by Gasteiger charge is -2.60. The second-order valence-corrected chi connectivity index (χ2v) is 12.0.